The van der Waals surface area contributed by atoms with E-state index in [2.05, 4.69) is 19.9 Å². The summed E-state index contributed by atoms with van der Waals surface area (Å²) in [5.74, 6) is -1.04. The lowest BCUT2D eigenvalue weighted by molar-refractivity contribution is -0.157. The molecule has 0 radical (unpaired) electrons. The van der Waals surface area contributed by atoms with Crippen LogP contribution in [-0.2, 0) is 19.1 Å². The minimum Gasteiger partial charge on any atom is -0.466 e. The molecule has 0 fully saturated rings. The Morgan fingerprint density at radius 1 is 1.00 bits per heavy atom. The van der Waals surface area contributed by atoms with Gasteiger partial charge in [-0.15, -0.1) is 0 Å². The summed E-state index contributed by atoms with van der Waals surface area (Å²) in [5, 5.41) is 8.98. The standard InChI is InChI=1S/C20H35NO4/c1-5-8-9-10-12-16(4)17(13-11-14-21)18(20(23)25-7-3)15-19(22)24-6-2/h16-18H,5-13,15H2,1-4H3. The topological polar surface area (TPSA) is 76.4 Å². The fourth-order valence-electron chi connectivity index (χ4n) is 3.28. The van der Waals surface area contributed by atoms with Gasteiger partial charge in [0.1, 0.15) is 0 Å². The molecule has 0 aromatic rings. The number of carbonyl (C=O) groups is 2. The number of hydrogen-bond donors (Lipinski definition) is 0. The highest BCUT2D eigenvalue weighted by atomic mass is 16.5. The normalized spacial score (nSPS) is 14.2. The first kappa shape index (κ1) is 23.4. The van der Waals surface area contributed by atoms with Crippen molar-refractivity contribution >= 4 is 11.9 Å². The predicted octanol–water partition coefficient (Wildman–Crippen LogP) is 4.65. The van der Waals surface area contributed by atoms with Crippen molar-refractivity contribution < 1.29 is 19.1 Å². The molecule has 0 amide bonds. The maximum Gasteiger partial charge on any atom is 0.309 e. The summed E-state index contributed by atoms with van der Waals surface area (Å²) in [4.78, 5) is 24.4. The van der Waals surface area contributed by atoms with E-state index in [1.54, 1.807) is 13.8 Å². The van der Waals surface area contributed by atoms with E-state index in [4.69, 9.17) is 14.7 Å². The molecule has 0 rings (SSSR count). The average Bonchev–Trinajstić information content (AvgIpc) is 2.58. The number of rotatable bonds is 14. The number of carbonyl (C=O) groups excluding carboxylic acids is 2. The minimum atomic E-state index is -0.534. The van der Waals surface area contributed by atoms with Crippen molar-refractivity contribution in [3.63, 3.8) is 0 Å². The third-order valence-electron chi connectivity index (χ3n) is 4.63. The van der Waals surface area contributed by atoms with Crippen molar-refractivity contribution in [1.82, 2.24) is 0 Å². The first-order valence-electron chi connectivity index (χ1n) is 9.70. The summed E-state index contributed by atoms with van der Waals surface area (Å²) in [5.41, 5.74) is 0. The molecule has 0 saturated carbocycles. The Morgan fingerprint density at radius 3 is 2.24 bits per heavy atom. The highest BCUT2D eigenvalue weighted by Crippen LogP contribution is 2.33. The van der Waals surface area contributed by atoms with E-state index < -0.39 is 5.92 Å². The van der Waals surface area contributed by atoms with E-state index in [0.717, 1.165) is 12.8 Å². The van der Waals surface area contributed by atoms with Crippen molar-refractivity contribution in [2.24, 2.45) is 17.8 Å². The zero-order valence-electron chi connectivity index (χ0n) is 16.4. The van der Waals surface area contributed by atoms with Gasteiger partial charge in [0.2, 0.25) is 0 Å². The molecular weight excluding hydrogens is 318 g/mol. The van der Waals surface area contributed by atoms with Crippen LogP contribution in [0.4, 0.5) is 0 Å². The molecule has 25 heavy (non-hydrogen) atoms. The molecule has 0 aromatic carbocycles. The monoisotopic (exact) mass is 353 g/mol. The van der Waals surface area contributed by atoms with Crippen molar-refractivity contribution in [2.75, 3.05) is 13.2 Å². The zero-order valence-corrected chi connectivity index (χ0v) is 16.4. The molecule has 0 aliphatic carbocycles. The molecule has 3 atom stereocenters. The molecule has 0 aliphatic rings. The molecule has 0 bridgehead atoms. The van der Waals surface area contributed by atoms with Crippen molar-refractivity contribution in [3.05, 3.63) is 0 Å². The van der Waals surface area contributed by atoms with Crippen LogP contribution in [0.2, 0.25) is 0 Å². The largest absolute Gasteiger partial charge is 0.466 e. The SMILES string of the molecule is CCCCCCC(C)C(CCC#N)C(CC(=O)OCC)C(=O)OCC. The van der Waals surface area contributed by atoms with E-state index in [-0.39, 0.29) is 36.8 Å². The van der Waals surface area contributed by atoms with Crippen LogP contribution < -0.4 is 0 Å². The molecule has 0 N–H and O–H groups in total. The van der Waals surface area contributed by atoms with Crippen molar-refractivity contribution in [2.45, 2.75) is 79.1 Å². The summed E-state index contributed by atoms with van der Waals surface area (Å²) in [6.07, 6.45) is 6.68. The van der Waals surface area contributed by atoms with E-state index in [1.807, 2.05) is 0 Å². The summed E-state index contributed by atoms with van der Waals surface area (Å²) in [6.45, 7) is 8.39. The molecule has 0 spiro atoms. The zero-order chi connectivity index (χ0) is 19.1. The van der Waals surface area contributed by atoms with Crippen LogP contribution in [-0.4, -0.2) is 25.2 Å². The van der Waals surface area contributed by atoms with Crippen LogP contribution in [0.25, 0.3) is 0 Å². The Balaban J connectivity index is 5.11. The lowest BCUT2D eigenvalue weighted by atomic mass is 9.76. The third-order valence-corrected chi connectivity index (χ3v) is 4.63. The van der Waals surface area contributed by atoms with Crippen LogP contribution in [0, 0.1) is 29.1 Å². The smallest absolute Gasteiger partial charge is 0.309 e. The number of nitriles is 1. The van der Waals surface area contributed by atoms with Crippen LogP contribution in [0.5, 0.6) is 0 Å². The number of hydrogen-bond acceptors (Lipinski definition) is 5. The molecule has 0 aliphatic heterocycles. The van der Waals surface area contributed by atoms with Gasteiger partial charge in [-0.2, -0.15) is 5.26 Å². The van der Waals surface area contributed by atoms with E-state index in [1.165, 1.54) is 19.3 Å². The minimum absolute atomic E-state index is 0.0298. The quantitative estimate of drug-likeness (QED) is 0.336. The molecule has 0 saturated heterocycles. The van der Waals surface area contributed by atoms with Crippen LogP contribution in [0.15, 0.2) is 0 Å². The Kier molecular flexibility index (Phi) is 13.8. The number of unbranched alkanes of at least 4 members (excludes halogenated alkanes) is 3. The van der Waals surface area contributed by atoms with Gasteiger partial charge in [-0.3, -0.25) is 9.59 Å². The molecule has 5 heteroatoms. The number of esters is 2. The van der Waals surface area contributed by atoms with Crippen LogP contribution in [0.1, 0.15) is 79.1 Å². The second-order valence-corrected chi connectivity index (χ2v) is 6.55. The highest BCUT2D eigenvalue weighted by molar-refractivity contribution is 5.80. The molecular formula is C20H35NO4. The first-order chi connectivity index (χ1) is 12.0. The molecule has 5 nitrogen and oxygen atoms in total. The van der Waals surface area contributed by atoms with E-state index >= 15 is 0 Å². The Labute approximate surface area is 153 Å². The van der Waals surface area contributed by atoms with Gasteiger partial charge >= 0.3 is 11.9 Å². The van der Waals surface area contributed by atoms with Gasteiger partial charge in [0.05, 0.1) is 31.6 Å². The van der Waals surface area contributed by atoms with Gasteiger partial charge in [-0.1, -0.05) is 46.0 Å². The highest BCUT2D eigenvalue weighted by Gasteiger charge is 2.35. The fraction of sp³-hybridized carbons (Fsp3) is 0.850. The van der Waals surface area contributed by atoms with Gasteiger partial charge in [0, 0.05) is 6.42 Å². The van der Waals surface area contributed by atoms with Crippen LogP contribution >= 0.6 is 0 Å². The maximum absolute atomic E-state index is 12.5. The number of nitrogens with zero attached hydrogens (tertiary/aromatic N) is 1. The van der Waals surface area contributed by atoms with Crippen LogP contribution in [0.3, 0.4) is 0 Å². The van der Waals surface area contributed by atoms with E-state index in [0.29, 0.717) is 19.4 Å². The molecule has 3 unspecified atom stereocenters. The summed E-state index contributed by atoms with van der Waals surface area (Å²) in [7, 11) is 0. The number of ether oxygens (including phenoxy) is 2. The van der Waals surface area contributed by atoms with Gasteiger partial charge < -0.3 is 9.47 Å². The molecule has 0 heterocycles. The maximum atomic E-state index is 12.5. The van der Waals surface area contributed by atoms with Crippen molar-refractivity contribution in [1.29, 1.82) is 5.26 Å². The summed E-state index contributed by atoms with van der Waals surface area (Å²) < 4.78 is 10.2. The van der Waals surface area contributed by atoms with Gasteiger partial charge in [0.25, 0.3) is 0 Å². The summed E-state index contributed by atoms with van der Waals surface area (Å²) >= 11 is 0. The Hall–Kier alpha value is -1.57. The lowest BCUT2D eigenvalue weighted by Gasteiger charge is -2.30. The van der Waals surface area contributed by atoms with Crippen molar-refractivity contribution in [3.8, 4) is 6.07 Å². The van der Waals surface area contributed by atoms with Gasteiger partial charge in [0.15, 0.2) is 0 Å². The first-order valence-corrected chi connectivity index (χ1v) is 9.70. The third kappa shape index (κ3) is 10.1. The second-order valence-electron chi connectivity index (χ2n) is 6.55. The Bertz CT molecular complexity index is 416. The molecule has 0 aromatic heterocycles. The molecule has 144 valence electrons. The lowest BCUT2D eigenvalue weighted by Crippen LogP contribution is -2.32. The Morgan fingerprint density at radius 2 is 1.68 bits per heavy atom. The van der Waals surface area contributed by atoms with E-state index in [9.17, 15) is 9.59 Å². The fourth-order valence-corrected chi connectivity index (χ4v) is 3.28. The second kappa shape index (κ2) is 14.7. The van der Waals surface area contributed by atoms with Gasteiger partial charge in [-0.05, 0) is 32.1 Å². The predicted molar refractivity (Wildman–Crippen MR) is 97.6 cm³/mol. The van der Waals surface area contributed by atoms with Gasteiger partial charge in [-0.25, -0.2) is 0 Å². The summed E-state index contributed by atoms with van der Waals surface area (Å²) in [6, 6.07) is 2.17. The average molecular weight is 354 g/mol.